The zero-order valence-electron chi connectivity index (χ0n) is 14.0. The molecule has 0 aliphatic carbocycles. The predicted molar refractivity (Wildman–Crippen MR) is 99.7 cm³/mol. The number of nitrogens with zero attached hydrogens (tertiary/aromatic N) is 1. The lowest BCUT2D eigenvalue weighted by atomic mass is 10.0. The Hall–Kier alpha value is -2.91. The van der Waals surface area contributed by atoms with Gasteiger partial charge in [-0.15, -0.1) is 0 Å². The summed E-state index contributed by atoms with van der Waals surface area (Å²) in [5.41, 5.74) is 4.12. The number of ether oxygens (including phenoxy) is 2. The zero-order valence-corrected chi connectivity index (χ0v) is 14.0. The highest BCUT2D eigenvalue weighted by Crippen LogP contribution is 2.41. The van der Waals surface area contributed by atoms with E-state index in [4.69, 9.17) is 14.5 Å². The van der Waals surface area contributed by atoms with Crippen molar-refractivity contribution in [1.29, 1.82) is 0 Å². The fraction of sp³-hybridized carbons (Fsp3) is 0.136. The summed E-state index contributed by atoms with van der Waals surface area (Å²) >= 11 is 0. The topological polar surface area (TPSA) is 34.1 Å². The van der Waals surface area contributed by atoms with E-state index in [2.05, 4.69) is 24.3 Å². The van der Waals surface area contributed by atoms with Gasteiger partial charge in [0, 0.05) is 0 Å². The first-order valence-corrected chi connectivity index (χ1v) is 8.33. The standard InChI is InChI=1S/C22H19NO2/c1-24-19-14-12-18(13-15-19)23-20(16-8-4-2-5-9-16)22-21(25-22)17-10-6-3-7-11-17/h2-15,21-22H,1H3/t21-,22-/m1/s1. The number of epoxide rings is 1. The fourth-order valence-corrected chi connectivity index (χ4v) is 2.91. The van der Waals surface area contributed by atoms with Gasteiger partial charge in [0.15, 0.2) is 0 Å². The average Bonchev–Trinajstić information content (AvgIpc) is 3.48. The van der Waals surface area contributed by atoms with Gasteiger partial charge in [-0.05, 0) is 35.4 Å². The maximum absolute atomic E-state index is 5.98. The smallest absolute Gasteiger partial charge is 0.131 e. The molecule has 0 bridgehead atoms. The summed E-state index contributed by atoms with van der Waals surface area (Å²) < 4.78 is 11.2. The Morgan fingerprint density at radius 1 is 0.840 bits per heavy atom. The molecule has 3 aromatic rings. The zero-order chi connectivity index (χ0) is 17.1. The van der Waals surface area contributed by atoms with Crippen molar-refractivity contribution in [3.05, 3.63) is 96.1 Å². The van der Waals surface area contributed by atoms with Gasteiger partial charge in [0.2, 0.25) is 0 Å². The molecule has 1 aliphatic rings. The van der Waals surface area contributed by atoms with Gasteiger partial charge in [-0.1, -0.05) is 60.7 Å². The van der Waals surface area contributed by atoms with Gasteiger partial charge in [0.1, 0.15) is 18.0 Å². The van der Waals surface area contributed by atoms with Crippen molar-refractivity contribution < 1.29 is 9.47 Å². The number of hydrogen-bond acceptors (Lipinski definition) is 3. The molecule has 0 radical (unpaired) electrons. The van der Waals surface area contributed by atoms with Crippen molar-refractivity contribution in [2.75, 3.05) is 7.11 Å². The van der Waals surface area contributed by atoms with E-state index >= 15 is 0 Å². The summed E-state index contributed by atoms with van der Waals surface area (Å²) in [6.07, 6.45) is 0.0466. The molecule has 0 N–H and O–H groups in total. The molecule has 3 nitrogen and oxygen atoms in total. The van der Waals surface area contributed by atoms with Crippen LogP contribution in [0.25, 0.3) is 0 Å². The number of hydrogen-bond donors (Lipinski definition) is 0. The maximum Gasteiger partial charge on any atom is 0.131 e. The second kappa shape index (κ2) is 6.91. The SMILES string of the molecule is COc1ccc(N=C(c2ccccc2)[C@H]2O[C@@H]2c2ccccc2)cc1. The first-order valence-electron chi connectivity index (χ1n) is 8.33. The average molecular weight is 329 g/mol. The monoisotopic (exact) mass is 329 g/mol. The van der Waals surface area contributed by atoms with Crippen LogP contribution in [-0.4, -0.2) is 18.9 Å². The fourth-order valence-electron chi connectivity index (χ4n) is 2.91. The van der Waals surface area contributed by atoms with Gasteiger partial charge in [-0.25, -0.2) is 4.99 Å². The van der Waals surface area contributed by atoms with Crippen LogP contribution in [0.4, 0.5) is 5.69 Å². The summed E-state index contributed by atoms with van der Waals surface area (Å²) in [7, 11) is 1.66. The molecule has 0 saturated carbocycles. The first kappa shape index (κ1) is 15.6. The molecule has 25 heavy (non-hydrogen) atoms. The lowest BCUT2D eigenvalue weighted by Crippen LogP contribution is -2.09. The van der Waals surface area contributed by atoms with E-state index in [-0.39, 0.29) is 12.2 Å². The van der Waals surface area contributed by atoms with Crippen molar-refractivity contribution in [2.45, 2.75) is 12.2 Å². The van der Waals surface area contributed by atoms with E-state index in [0.29, 0.717) is 0 Å². The summed E-state index contributed by atoms with van der Waals surface area (Å²) in [6.45, 7) is 0. The number of aliphatic imine (C=N–C) groups is 1. The van der Waals surface area contributed by atoms with Crippen LogP contribution >= 0.6 is 0 Å². The van der Waals surface area contributed by atoms with Crippen LogP contribution in [0.15, 0.2) is 89.9 Å². The molecule has 2 atom stereocenters. The molecular formula is C22H19NO2. The number of methoxy groups -OCH3 is 1. The normalized spacial score (nSPS) is 19.5. The highest BCUT2D eigenvalue weighted by atomic mass is 16.6. The van der Waals surface area contributed by atoms with Crippen LogP contribution in [0.2, 0.25) is 0 Å². The molecule has 0 aromatic heterocycles. The van der Waals surface area contributed by atoms with E-state index in [1.165, 1.54) is 5.56 Å². The van der Waals surface area contributed by atoms with E-state index in [0.717, 1.165) is 22.7 Å². The molecule has 1 fully saturated rings. The van der Waals surface area contributed by atoms with Crippen LogP contribution in [0.5, 0.6) is 5.75 Å². The van der Waals surface area contributed by atoms with Crippen LogP contribution in [-0.2, 0) is 4.74 Å². The highest BCUT2D eigenvalue weighted by Gasteiger charge is 2.44. The third-order valence-electron chi connectivity index (χ3n) is 4.28. The molecule has 0 unspecified atom stereocenters. The third-order valence-corrected chi connectivity index (χ3v) is 4.28. The van der Waals surface area contributed by atoms with E-state index in [1.807, 2.05) is 60.7 Å². The molecule has 1 saturated heterocycles. The van der Waals surface area contributed by atoms with Gasteiger partial charge >= 0.3 is 0 Å². The van der Waals surface area contributed by atoms with Crippen molar-refractivity contribution in [3.63, 3.8) is 0 Å². The second-order valence-electron chi connectivity index (χ2n) is 5.95. The molecule has 0 amide bonds. The van der Waals surface area contributed by atoms with Gasteiger partial charge in [-0.3, -0.25) is 0 Å². The molecular weight excluding hydrogens is 310 g/mol. The van der Waals surface area contributed by atoms with Gasteiger partial charge in [-0.2, -0.15) is 0 Å². The van der Waals surface area contributed by atoms with Crippen LogP contribution in [0, 0.1) is 0 Å². The largest absolute Gasteiger partial charge is 0.497 e. The Balaban J connectivity index is 1.67. The van der Waals surface area contributed by atoms with Crippen LogP contribution < -0.4 is 4.74 Å². The molecule has 124 valence electrons. The molecule has 1 heterocycles. The van der Waals surface area contributed by atoms with Gasteiger partial charge in [0.25, 0.3) is 0 Å². The van der Waals surface area contributed by atoms with Crippen molar-refractivity contribution >= 4 is 11.4 Å². The lowest BCUT2D eigenvalue weighted by Gasteiger charge is -2.05. The molecule has 1 aliphatic heterocycles. The van der Waals surface area contributed by atoms with Crippen LogP contribution in [0.3, 0.4) is 0 Å². The minimum atomic E-state index is -0.0214. The van der Waals surface area contributed by atoms with Gasteiger partial charge < -0.3 is 9.47 Å². The second-order valence-corrected chi connectivity index (χ2v) is 5.95. The Kier molecular flexibility index (Phi) is 4.32. The molecule has 3 aromatic carbocycles. The summed E-state index contributed by atoms with van der Waals surface area (Å²) in [4.78, 5) is 4.88. The lowest BCUT2D eigenvalue weighted by molar-refractivity contribution is 0.400. The number of rotatable bonds is 5. The summed E-state index contributed by atoms with van der Waals surface area (Å²) in [5, 5.41) is 0. The summed E-state index contributed by atoms with van der Waals surface area (Å²) in [6, 6.07) is 28.3. The maximum atomic E-state index is 5.98. The summed E-state index contributed by atoms with van der Waals surface area (Å²) in [5.74, 6) is 0.824. The quantitative estimate of drug-likeness (QED) is 0.490. The van der Waals surface area contributed by atoms with E-state index < -0.39 is 0 Å². The number of benzene rings is 3. The first-order chi connectivity index (χ1) is 12.3. The predicted octanol–water partition coefficient (Wildman–Crippen LogP) is 4.96. The van der Waals surface area contributed by atoms with Crippen molar-refractivity contribution in [1.82, 2.24) is 0 Å². The Morgan fingerprint density at radius 3 is 2.12 bits per heavy atom. The van der Waals surface area contributed by atoms with E-state index in [9.17, 15) is 0 Å². The minimum absolute atomic E-state index is 0.0214. The Labute approximate surface area is 147 Å². The third kappa shape index (κ3) is 3.47. The highest BCUT2D eigenvalue weighted by molar-refractivity contribution is 6.07. The Morgan fingerprint density at radius 2 is 1.48 bits per heavy atom. The van der Waals surface area contributed by atoms with E-state index in [1.54, 1.807) is 7.11 Å². The minimum Gasteiger partial charge on any atom is -0.497 e. The molecule has 3 heteroatoms. The van der Waals surface area contributed by atoms with Crippen molar-refractivity contribution in [3.8, 4) is 5.75 Å². The van der Waals surface area contributed by atoms with Crippen LogP contribution in [0.1, 0.15) is 17.2 Å². The molecule has 4 rings (SSSR count). The van der Waals surface area contributed by atoms with Crippen molar-refractivity contribution in [2.24, 2.45) is 4.99 Å². The van der Waals surface area contributed by atoms with Gasteiger partial charge in [0.05, 0.1) is 18.5 Å². The molecule has 0 spiro atoms. The Bertz CT molecular complexity index is 858.